The number of ether oxygens (including phenoxy) is 2. The topological polar surface area (TPSA) is 62.2 Å². The minimum absolute atomic E-state index is 0.0115. The number of morpholine rings is 1. The molecule has 2 aliphatic heterocycles. The van der Waals surface area contributed by atoms with Crippen LogP contribution in [0.5, 0.6) is 5.75 Å². The van der Waals surface area contributed by atoms with Gasteiger partial charge in [-0.1, -0.05) is 12.1 Å². The number of aliphatic hydroxyl groups excluding tert-OH is 1. The standard InChI is InChI=1S/C16H22N2O4/c1-21-15-5-3-2-4-12(15)16(20)18-10-13(14(19)11-18)17-6-8-22-9-7-17/h2-5,13-14,19H,6-11H2,1H3/t13-,14-/m1/s1. The third-order valence-electron chi connectivity index (χ3n) is 4.40. The summed E-state index contributed by atoms with van der Waals surface area (Å²) in [7, 11) is 1.56. The fourth-order valence-electron chi connectivity index (χ4n) is 3.19. The van der Waals surface area contributed by atoms with E-state index < -0.39 is 6.10 Å². The summed E-state index contributed by atoms with van der Waals surface area (Å²) in [6.07, 6.45) is -0.517. The van der Waals surface area contributed by atoms with Gasteiger partial charge in [0.15, 0.2) is 0 Å². The van der Waals surface area contributed by atoms with Crippen molar-refractivity contribution < 1.29 is 19.4 Å². The number of likely N-dealkylation sites (tertiary alicyclic amines) is 1. The number of amides is 1. The van der Waals surface area contributed by atoms with E-state index in [0.29, 0.717) is 37.6 Å². The third-order valence-corrected chi connectivity index (χ3v) is 4.40. The van der Waals surface area contributed by atoms with Gasteiger partial charge in [0.2, 0.25) is 0 Å². The molecule has 0 aromatic heterocycles. The maximum absolute atomic E-state index is 12.7. The van der Waals surface area contributed by atoms with Gasteiger partial charge in [0, 0.05) is 26.2 Å². The van der Waals surface area contributed by atoms with Crippen molar-refractivity contribution in [3.05, 3.63) is 29.8 Å². The van der Waals surface area contributed by atoms with E-state index in [1.165, 1.54) is 0 Å². The first-order valence-corrected chi connectivity index (χ1v) is 7.63. The van der Waals surface area contributed by atoms with Crippen LogP contribution in [0.1, 0.15) is 10.4 Å². The van der Waals surface area contributed by atoms with E-state index in [4.69, 9.17) is 9.47 Å². The summed E-state index contributed by atoms with van der Waals surface area (Å²) in [5.41, 5.74) is 0.542. The number of β-amino-alcohol motifs (C(OH)–C–C–N with tert-alkyl or cyclic N) is 1. The summed E-state index contributed by atoms with van der Waals surface area (Å²) in [6, 6.07) is 7.18. The average molecular weight is 306 g/mol. The van der Waals surface area contributed by atoms with Crippen LogP contribution in [-0.4, -0.2) is 79.5 Å². The van der Waals surface area contributed by atoms with E-state index >= 15 is 0 Å². The van der Waals surface area contributed by atoms with Gasteiger partial charge in [-0.3, -0.25) is 9.69 Å². The van der Waals surface area contributed by atoms with Crippen LogP contribution in [0.25, 0.3) is 0 Å². The minimum Gasteiger partial charge on any atom is -0.496 e. The Morgan fingerprint density at radius 2 is 2.00 bits per heavy atom. The molecular formula is C16H22N2O4. The fraction of sp³-hybridized carbons (Fsp3) is 0.562. The molecule has 1 amide bonds. The number of carbonyl (C=O) groups excluding carboxylic acids is 1. The van der Waals surface area contributed by atoms with Crippen molar-refractivity contribution in [3.8, 4) is 5.75 Å². The largest absolute Gasteiger partial charge is 0.496 e. The normalized spacial score (nSPS) is 26.2. The molecule has 1 aromatic carbocycles. The van der Waals surface area contributed by atoms with Crippen molar-refractivity contribution in [3.63, 3.8) is 0 Å². The molecule has 0 spiro atoms. The molecule has 2 atom stereocenters. The highest BCUT2D eigenvalue weighted by atomic mass is 16.5. The number of rotatable bonds is 3. The zero-order valence-electron chi connectivity index (χ0n) is 12.8. The first kappa shape index (κ1) is 15.3. The number of aliphatic hydroxyl groups is 1. The zero-order chi connectivity index (χ0) is 15.5. The van der Waals surface area contributed by atoms with Crippen molar-refractivity contribution in [1.29, 1.82) is 0 Å². The van der Waals surface area contributed by atoms with Crippen LogP contribution < -0.4 is 4.74 Å². The molecule has 22 heavy (non-hydrogen) atoms. The van der Waals surface area contributed by atoms with Gasteiger partial charge in [-0.25, -0.2) is 0 Å². The molecular weight excluding hydrogens is 284 g/mol. The van der Waals surface area contributed by atoms with Gasteiger partial charge in [-0.15, -0.1) is 0 Å². The third kappa shape index (κ3) is 2.95. The Balaban J connectivity index is 1.72. The second-order valence-corrected chi connectivity index (χ2v) is 5.69. The number of methoxy groups -OCH3 is 1. The first-order chi connectivity index (χ1) is 10.7. The van der Waals surface area contributed by atoms with E-state index in [1.54, 1.807) is 24.1 Å². The van der Waals surface area contributed by atoms with Gasteiger partial charge < -0.3 is 19.5 Å². The maximum atomic E-state index is 12.7. The van der Waals surface area contributed by atoms with Gasteiger partial charge in [0.25, 0.3) is 5.91 Å². The number of hydrogen-bond donors (Lipinski definition) is 1. The number of carbonyl (C=O) groups is 1. The lowest BCUT2D eigenvalue weighted by Gasteiger charge is -2.33. The SMILES string of the molecule is COc1ccccc1C(=O)N1C[C@@H](O)[C@H](N2CCOCC2)C1. The Kier molecular flexibility index (Phi) is 4.61. The Hall–Kier alpha value is -1.63. The predicted molar refractivity (Wildman–Crippen MR) is 81.1 cm³/mol. The van der Waals surface area contributed by atoms with E-state index in [2.05, 4.69) is 4.90 Å². The Labute approximate surface area is 130 Å². The molecule has 2 heterocycles. The summed E-state index contributed by atoms with van der Waals surface area (Å²) in [4.78, 5) is 16.6. The first-order valence-electron chi connectivity index (χ1n) is 7.63. The highest BCUT2D eigenvalue weighted by Crippen LogP contribution is 2.24. The molecule has 0 aliphatic carbocycles. The summed E-state index contributed by atoms with van der Waals surface area (Å²) in [5, 5.41) is 10.3. The number of benzene rings is 1. The number of nitrogens with zero attached hydrogens (tertiary/aromatic N) is 2. The minimum atomic E-state index is -0.517. The van der Waals surface area contributed by atoms with Crippen LogP contribution in [0.4, 0.5) is 0 Å². The highest BCUT2D eigenvalue weighted by Gasteiger charge is 2.38. The lowest BCUT2D eigenvalue weighted by Crippen LogP contribution is -2.49. The molecule has 2 saturated heterocycles. The lowest BCUT2D eigenvalue weighted by molar-refractivity contribution is -0.00611. The van der Waals surface area contributed by atoms with Crippen LogP contribution in [-0.2, 0) is 4.74 Å². The van der Waals surface area contributed by atoms with Gasteiger partial charge >= 0.3 is 0 Å². The van der Waals surface area contributed by atoms with Crippen LogP contribution in [0.15, 0.2) is 24.3 Å². The maximum Gasteiger partial charge on any atom is 0.257 e. The molecule has 0 saturated carbocycles. The van der Waals surface area contributed by atoms with E-state index in [9.17, 15) is 9.90 Å². The van der Waals surface area contributed by atoms with Gasteiger partial charge in [0.05, 0.1) is 38.0 Å². The molecule has 2 aliphatic rings. The smallest absolute Gasteiger partial charge is 0.257 e. The second-order valence-electron chi connectivity index (χ2n) is 5.69. The monoisotopic (exact) mass is 306 g/mol. The van der Waals surface area contributed by atoms with Gasteiger partial charge in [0.1, 0.15) is 5.75 Å². The van der Waals surface area contributed by atoms with Crippen LogP contribution in [0.2, 0.25) is 0 Å². The second kappa shape index (κ2) is 6.64. The van der Waals surface area contributed by atoms with Crippen molar-refractivity contribution in [1.82, 2.24) is 9.80 Å². The van der Waals surface area contributed by atoms with Crippen LogP contribution >= 0.6 is 0 Å². The molecule has 1 aromatic rings. The quantitative estimate of drug-likeness (QED) is 0.865. The summed E-state index contributed by atoms with van der Waals surface area (Å²) < 4.78 is 10.6. The summed E-state index contributed by atoms with van der Waals surface area (Å²) >= 11 is 0. The van der Waals surface area contributed by atoms with E-state index in [1.807, 2.05) is 12.1 Å². The molecule has 120 valence electrons. The Bertz CT molecular complexity index is 531. The Morgan fingerprint density at radius 1 is 1.27 bits per heavy atom. The summed E-state index contributed by atoms with van der Waals surface area (Å²) in [5.74, 6) is 0.476. The predicted octanol–water partition coefficient (Wildman–Crippen LogP) is 0.213. The molecule has 1 N–H and O–H groups in total. The van der Waals surface area contributed by atoms with Crippen molar-refractivity contribution in [2.75, 3.05) is 46.5 Å². The molecule has 6 nitrogen and oxygen atoms in total. The van der Waals surface area contributed by atoms with E-state index in [-0.39, 0.29) is 11.9 Å². The Morgan fingerprint density at radius 3 is 2.73 bits per heavy atom. The highest BCUT2D eigenvalue weighted by molar-refractivity contribution is 5.97. The molecule has 0 radical (unpaired) electrons. The van der Waals surface area contributed by atoms with Crippen LogP contribution in [0, 0.1) is 0 Å². The molecule has 2 fully saturated rings. The van der Waals surface area contributed by atoms with Crippen molar-refractivity contribution >= 4 is 5.91 Å². The number of hydrogen-bond acceptors (Lipinski definition) is 5. The van der Waals surface area contributed by atoms with E-state index in [0.717, 1.165) is 13.1 Å². The van der Waals surface area contributed by atoms with Gasteiger partial charge in [-0.05, 0) is 12.1 Å². The lowest BCUT2D eigenvalue weighted by atomic mass is 10.1. The van der Waals surface area contributed by atoms with Crippen LogP contribution in [0.3, 0.4) is 0 Å². The van der Waals surface area contributed by atoms with Crippen molar-refractivity contribution in [2.45, 2.75) is 12.1 Å². The molecule has 6 heteroatoms. The molecule has 0 unspecified atom stereocenters. The van der Waals surface area contributed by atoms with Crippen molar-refractivity contribution in [2.24, 2.45) is 0 Å². The number of para-hydroxylation sites is 1. The zero-order valence-corrected chi connectivity index (χ0v) is 12.8. The molecule has 3 rings (SSSR count). The summed E-state index contributed by atoms with van der Waals surface area (Å²) in [6.45, 7) is 3.88. The fourth-order valence-corrected chi connectivity index (χ4v) is 3.19. The average Bonchev–Trinajstić information content (AvgIpc) is 2.97. The molecule has 0 bridgehead atoms. The van der Waals surface area contributed by atoms with Gasteiger partial charge in [-0.2, -0.15) is 0 Å².